The van der Waals surface area contributed by atoms with Gasteiger partial charge in [-0.1, -0.05) is 6.92 Å². The second-order valence-electron chi connectivity index (χ2n) is 4.98. The van der Waals surface area contributed by atoms with Crippen LogP contribution in [0.5, 0.6) is 0 Å². The minimum Gasteiger partial charge on any atom is -0.390 e. The van der Waals surface area contributed by atoms with Crippen molar-refractivity contribution in [2.45, 2.75) is 51.4 Å². The van der Waals surface area contributed by atoms with Crippen LogP contribution in [-0.2, 0) is 9.59 Å². The van der Waals surface area contributed by atoms with E-state index in [0.29, 0.717) is 6.42 Å². The number of carbonyl (C=O) groups excluding carboxylic acids is 2. The highest BCUT2D eigenvalue weighted by atomic mass is 16.3. The molecule has 0 saturated carbocycles. The van der Waals surface area contributed by atoms with E-state index in [0.717, 1.165) is 0 Å². The normalized spacial score (nSPS) is 16.7. The number of nitrogens with one attached hydrogen (secondary N) is 5. The second kappa shape index (κ2) is 10.5. The van der Waals surface area contributed by atoms with Crippen LogP contribution in [0.1, 0.15) is 27.2 Å². The summed E-state index contributed by atoms with van der Waals surface area (Å²) in [6, 6.07) is -1.03. The van der Waals surface area contributed by atoms with Crippen molar-refractivity contribution in [3.05, 3.63) is 0 Å². The highest BCUT2D eigenvalue weighted by Gasteiger charge is 2.21. The molecule has 0 aliphatic rings. The first kappa shape index (κ1) is 19.8. The van der Waals surface area contributed by atoms with Crippen molar-refractivity contribution in [3.8, 4) is 0 Å². The number of hydrogen-bond acceptors (Lipinski definition) is 6. The van der Waals surface area contributed by atoms with Crippen molar-refractivity contribution in [1.29, 1.82) is 0 Å². The third kappa shape index (κ3) is 7.37. The Labute approximate surface area is 126 Å². The van der Waals surface area contributed by atoms with E-state index in [9.17, 15) is 14.7 Å². The molecule has 0 aromatic heterocycles. The van der Waals surface area contributed by atoms with E-state index in [2.05, 4.69) is 26.8 Å². The predicted octanol–water partition coefficient (Wildman–Crippen LogP) is -1.92. The molecule has 0 aliphatic carbocycles. The van der Waals surface area contributed by atoms with E-state index < -0.39 is 6.10 Å². The van der Waals surface area contributed by atoms with Crippen molar-refractivity contribution < 1.29 is 14.7 Å². The van der Waals surface area contributed by atoms with Crippen LogP contribution in [0.3, 0.4) is 0 Å². The van der Waals surface area contributed by atoms with Crippen LogP contribution < -0.4 is 26.8 Å². The van der Waals surface area contributed by atoms with Gasteiger partial charge in [0.05, 0.1) is 24.2 Å². The molecule has 0 aromatic rings. The first-order valence-electron chi connectivity index (χ1n) is 7.23. The zero-order valence-electron chi connectivity index (χ0n) is 13.5. The molecule has 0 fully saturated rings. The van der Waals surface area contributed by atoms with Crippen molar-refractivity contribution in [2.24, 2.45) is 0 Å². The molecule has 8 heteroatoms. The average molecular weight is 303 g/mol. The standard InChI is InChI=1S/C13H29N5O3/c1-6-10(17-12(20)8(2)14-4)11(19)7-16-18-13(21)9(3)15-5/h8-11,14-16,19H,6-7H2,1-5H3,(H,17,20)(H,18,21)/t8?,9?,10?,11-/m0/s1. The summed E-state index contributed by atoms with van der Waals surface area (Å²) in [6.45, 7) is 5.49. The van der Waals surface area contributed by atoms with Crippen LogP contribution in [0.2, 0.25) is 0 Å². The van der Waals surface area contributed by atoms with Gasteiger partial charge in [0.25, 0.3) is 5.91 Å². The van der Waals surface area contributed by atoms with E-state index in [1.54, 1.807) is 27.9 Å². The van der Waals surface area contributed by atoms with Gasteiger partial charge in [-0.05, 0) is 34.4 Å². The van der Waals surface area contributed by atoms with Gasteiger partial charge >= 0.3 is 0 Å². The molecule has 8 nitrogen and oxygen atoms in total. The number of amides is 2. The topological polar surface area (TPSA) is 115 Å². The Morgan fingerprint density at radius 1 is 1.05 bits per heavy atom. The molecule has 21 heavy (non-hydrogen) atoms. The lowest BCUT2D eigenvalue weighted by molar-refractivity contribution is -0.125. The van der Waals surface area contributed by atoms with Crippen LogP contribution in [-0.4, -0.2) is 61.8 Å². The molecule has 0 heterocycles. The molecule has 0 aromatic carbocycles. The number of aliphatic hydroxyl groups excluding tert-OH is 1. The Morgan fingerprint density at radius 2 is 1.57 bits per heavy atom. The third-order valence-electron chi connectivity index (χ3n) is 3.41. The number of hydrogen-bond donors (Lipinski definition) is 6. The SMILES string of the molecule is CCC(NC(=O)C(C)NC)[C@@H](O)CNNC(=O)C(C)NC. The molecule has 124 valence electrons. The Morgan fingerprint density at radius 3 is 2.05 bits per heavy atom. The van der Waals surface area contributed by atoms with Crippen LogP contribution >= 0.6 is 0 Å². The third-order valence-corrected chi connectivity index (χ3v) is 3.41. The number of aliphatic hydroxyl groups is 1. The van der Waals surface area contributed by atoms with Crippen LogP contribution in [0, 0.1) is 0 Å². The smallest absolute Gasteiger partial charge is 0.250 e. The number of likely N-dealkylation sites (N-methyl/N-ethyl adjacent to an activating group) is 2. The second-order valence-corrected chi connectivity index (χ2v) is 4.98. The van der Waals surface area contributed by atoms with E-state index in [4.69, 9.17) is 0 Å². The Kier molecular flexibility index (Phi) is 9.89. The minimum absolute atomic E-state index is 0.148. The maximum absolute atomic E-state index is 11.8. The number of carbonyl (C=O) groups is 2. The molecule has 2 amide bonds. The molecule has 0 radical (unpaired) electrons. The van der Waals surface area contributed by atoms with Gasteiger partial charge in [0.2, 0.25) is 5.91 Å². The van der Waals surface area contributed by atoms with E-state index in [-0.39, 0.29) is 36.5 Å². The van der Waals surface area contributed by atoms with Crippen molar-refractivity contribution in [1.82, 2.24) is 26.8 Å². The summed E-state index contributed by atoms with van der Waals surface area (Å²) < 4.78 is 0. The fraction of sp³-hybridized carbons (Fsp3) is 0.846. The highest BCUT2D eigenvalue weighted by molar-refractivity contribution is 5.81. The van der Waals surface area contributed by atoms with Crippen molar-refractivity contribution >= 4 is 11.8 Å². The van der Waals surface area contributed by atoms with Crippen LogP contribution in [0.4, 0.5) is 0 Å². The quantitative estimate of drug-likeness (QED) is 0.262. The summed E-state index contributed by atoms with van der Waals surface area (Å²) in [5.74, 6) is -0.387. The summed E-state index contributed by atoms with van der Waals surface area (Å²) in [4.78, 5) is 23.3. The highest BCUT2D eigenvalue weighted by Crippen LogP contribution is 1.99. The summed E-state index contributed by atoms with van der Waals surface area (Å²) >= 11 is 0. The number of rotatable bonds is 10. The first-order chi connectivity index (χ1) is 9.87. The van der Waals surface area contributed by atoms with E-state index in [1.807, 2.05) is 6.92 Å². The zero-order valence-corrected chi connectivity index (χ0v) is 13.5. The van der Waals surface area contributed by atoms with E-state index in [1.165, 1.54) is 0 Å². The first-order valence-corrected chi connectivity index (χ1v) is 7.23. The predicted molar refractivity (Wildman–Crippen MR) is 81.4 cm³/mol. The molecule has 0 spiro atoms. The maximum Gasteiger partial charge on any atom is 0.250 e. The van der Waals surface area contributed by atoms with Crippen molar-refractivity contribution in [2.75, 3.05) is 20.6 Å². The average Bonchev–Trinajstić information content (AvgIpc) is 2.49. The Bertz CT molecular complexity index is 327. The van der Waals surface area contributed by atoms with E-state index >= 15 is 0 Å². The monoisotopic (exact) mass is 303 g/mol. The molecule has 4 atom stereocenters. The molecule has 6 N–H and O–H groups in total. The van der Waals surface area contributed by atoms with Gasteiger partial charge in [-0.3, -0.25) is 15.0 Å². The molecule has 0 bridgehead atoms. The van der Waals surface area contributed by atoms with Gasteiger partial charge in [0, 0.05) is 6.54 Å². The van der Waals surface area contributed by atoms with Gasteiger partial charge < -0.3 is 21.1 Å². The fourth-order valence-electron chi connectivity index (χ4n) is 1.53. The lowest BCUT2D eigenvalue weighted by Gasteiger charge is -2.25. The summed E-state index contributed by atoms with van der Waals surface area (Å²) in [5, 5.41) is 18.5. The summed E-state index contributed by atoms with van der Waals surface area (Å²) in [5.41, 5.74) is 5.17. The van der Waals surface area contributed by atoms with Gasteiger partial charge in [-0.2, -0.15) is 0 Å². The van der Waals surface area contributed by atoms with Gasteiger partial charge in [-0.15, -0.1) is 0 Å². The minimum atomic E-state index is -0.798. The lowest BCUT2D eigenvalue weighted by Crippen LogP contribution is -2.54. The van der Waals surface area contributed by atoms with Crippen molar-refractivity contribution in [3.63, 3.8) is 0 Å². The Hall–Kier alpha value is -1.22. The van der Waals surface area contributed by atoms with Gasteiger partial charge in [0.1, 0.15) is 0 Å². The van der Waals surface area contributed by atoms with Crippen LogP contribution in [0.15, 0.2) is 0 Å². The molecule has 0 aliphatic heterocycles. The van der Waals surface area contributed by atoms with Gasteiger partial charge in [-0.25, -0.2) is 5.43 Å². The van der Waals surface area contributed by atoms with Gasteiger partial charge in [0.15, 0.2) is 0 Å². The molecular formula is C13H29N5O3. The zero-order chi connectivity index (χ0) is 16.4. The maximum atomic E-state index is 11.8. The molecule has 0 rings (SSSR count). The molecular weight excluding hydrogens is 274 g/mol. The molecule has 0 saturated heterocycles. The largest absolute Gasteiger partial charge is 0.390 e. The fourth-order valence-corrected chi connectivity index (χ4v) is 1.53. The van der Waals surface area contributed by atoms with Crippen LogP contribution in [0.25, 0.3) is 0 Å². The lowest BCUT2D eigenvalue weighted by atomic mass is 10.1. The molecule has 3 unspecified atom stereocenters. The summed E-state index contributed by atoms with van der Waals surface area (Å²) in [6.07, 6.45) is -0.209. The number of hydrazine groups is 1. The summed E-state index contributed by atoms with van der Waals surface area (Å²) in [7, 11) is 3.38. The Balaban J connectivity index is 4.19.